The van der Waals surface area contributed by atoms with Crippen LogP contribution in [-0.2, 0) is 4.74 Å². The Morgan fingerprint density at radius 1 is 1.11 bits per heavy atom. The molecule has 0 bridgehead atoms. The molecule has 0 aromatic carbocycles. The zero-order valence-electron chi connectivity index (χ0n) is 15.5. The predicted octanol–water partition coefficient (Wildman–Crippen LogP) is -2.12. The second-order valence-electron chi connectivity index (χ2n) is 6.92. The molecule has 0 amide bonds. The first-order valence-electron chi connectivity index (χ1n) is 8.85. The summed E-state index contributed by atoms with van der Waals surface area (Å²) in [5.74, 6) is 0.245. The van der Waals surface area contributed by atoms with Gasteiger partial charge in [-0.1, -0.05) is 0 Å². The number of aliphatic hydroxyl groups is 3. The van der Waals surface area contributed by atoms with Crippen molar-refractivity contribution >= 4 is 17.0 Å². The van der Waals surface area contributed by atoms with Gasteiger partial charge in [0.15, 0.2) is 17.7 Å². The summed E-state index contributed by atoms with van der Waals surface area (Å²) < 4.78 is 7.50. The quantitative estimate of drug-likeness (QED) is 0.400. The predicted molar refractivity (Wildman–Crippen MR) is 97.7 cm³/mol. The van der Waals surface area contributed by atoms with Gasteiger partial charge in [-0.25, -0.2) is 15.0 Å². The Balaban J connectivity index is 1.66. The largest absolute Gasteiger partial charge is 0.395 e. The molecule has 1 aliphatic rings. The number of fused-ring (bicyclic) bond motifs is 1. The number of hydrogen-bond donors (Lipinski definition) is 4. The first kappa shape index (κ1) is 19.9. The van der Waals surface area contributed by atoms with Gasteiger partial charge in [0.1, 0.15) is 30.2 Å². The van der Waals surface area contributed by atoms with Crippen LogP contribution in [0.3, 0.4) is 0 Å². The molecule has 27 heavy (non-hydrogen) atoms. The highest BCUT2D eigenvalue weighted by atomic mass is 16.6. The fourth-order valence-corrected chi connectivity index (χ4v) is 3.19. The Hall–Kier alpha value is -1.89. The van der Waals surface area contributed by atoms with E-state index in [4.69, 9.17) is 15.6 Å². The number of nitrogen functional groups attached to an aromatic ring is 1. The number of likely N-dealkylation sites (N-methyl/N-ethyl adjacent to an activating group) is 2. The molecule has 0 saturated carbocycles. The number of nitrogens with two attached hydrogens (primary N) is 1. The molecule has 1 aliphatic heterocycles. The van der Waals surface area contributed by atoms with Crippen LogP contribution in [0.25, 0.3) is 11.2 Å². The van der Waals surface area contributed by atoms with Crippen molar-refractivity contribution in [3.05, 3.63) is 12.7 Å². The zero-order chi connectivity index (χ0) is 19.6. The van der Waals surface area contributed by atoms with Gasteiger partial charge in [0.25, 0.3) is 0 Å². The van der Waals surface area contributed by atoms with E-state index in [1.807, 2.05) is 23.9 Å². The van der Waals surface area contributed by atoms with Crippen LogP contribution in [0.15, 0.2) is 12.7 Å². The number of rotatable bonds is 8. The molecule has 4 atom stereocenters. The minimum atomic E-state index is -1.12. The number of aromatic nitrogens is 4. The van der Waals surface area contributed by atoms with Gasteiger partial charge in [-0.05, 0) is 14.1 Å². The Kier molecular flexibility index (Phi) is 6.19. The van der Waals surface area contributed by atoms with Crippen LogP contribution in [0.2, 0.25) is 0 Å². The molecule has 11 heteroatoms. The number of imidazole rings is 1. The molecular weight excluding hydrogens is 354 g/mol. The lowest BCUT2D eigenvalue weighted by Crippen LogP contribution is -2.41. The maximum absolute atomic E-state index is 10.5. The lowest BCUT2D eigenvalue weighted by molar-refractivity contribution is -0.0425. The van der Waals surface area contributed by atoms with E-state index in [1.54, 1.807) is 4.57 Å². The van der Waals surface area contributed by atoms with E-state index in [1.165, 1.54) is 12.7 Å². The van der Waals surface area contributed by atoms with Crippen molar-refractivity contribution in [1.82, 2.24) is 29.3 Å². The molecule has 0 spiro atoms. The van der Waals surface area contributed by atoms with E-state index >= 15 is 0 Å². The fraction of sp³-hybridized carbons (Fsp3) is 0.688. The third-order valence-electron chi connectivity index (χ3n) is 4.84. The minimum Gasteiger partial charge on any atom is -0.395 e. The van der Waals surface area contributed by atoms with Gasteiger partial charge in [-0.2, -0.15) is 0 Å². The van der Waals surface area contributed by atoms with Gasteiger partial charge >= 0.3 is 0 Å². The molecule has 1 fully saturated rings. The van der Waals surface area contributed by atoms with Gasteiger partial charge in [-0.15, -0.1) is 0 Å². The SMILES string of the molecule is CN(CCO)CCN(C)C[C@H]1O[C@@H](n2cnc3c(N)ncnc32)[C@H](O)[C@@H]1O. The summed E-state index contributed by atoms with van der Waals surface area (Å²) in [6, 6.07) is 0. The normalized spacial score (nSPS) is 25.9. The standard InChI is InChI=1S/C16H27N7O4/c1-21(5-6-24)3-4-22(2)7-10-12(25)13(26)16(27-10)23-9-20-11-14(17)18-8-19-15(11)23/h8-10,12-13,16,24-26H,3-7H2,1-2H3,(H2,17,18,19)/t10-,12-,13-,16-/m1/s1. The summed E-state index contributed by atoms with van der Waals surface area (Å²) in [7, 11) is 3.85. The van der Waals surface area contributed by atoms with Crippen molar-refractivity contribution in [3.63, 3.8) is 0 Å². The van der Waals surface area contributed by atoms with Gasteiger partial charge in [0, 0.05) is 26.2 Å². The molecule has 2 aromatic rings. The first-order chi connectivity index (χ1) is 12.9. The minimum absolute atomic E-state index is 0.117. The molecule has 0 aliphatic carbocycles. The molecule has 0 unspecified atom stereocenters. The van der Waals surface area contributed by atoms with Gasteiger partial charge < -0.3 is 35.6 Å². The molecule has 11 nitrogen and oxygen atoms in total. The van der Waals surface area contributed by atoms with Crippen LogP contribution >= 0.6 is 0 Å². The van der Waals surface area contributed by atoms with Crippen molar-refractivity contribution in [2.24, 2.45) is 0 Å². The average Bonchev–Trinajstić information content (AvgIpc) is 3.18. The Bertz CT molecular complexity index is 757. The first-order valence-corrected chi connectivity index (χ1v) is 8.85. The molecule has 3 heterocycles. The van der Waals surface area contributed by atoms with E-state index in [-0.39, 0.29) is 12.4 Å². The highest BCUT2D eigenvalue weighted by molar-refractivity contribution is 5.81. The Labute approximate surface area is 157 Å². The topological polar surface area (TPSA) is 146 Å². The van der Waals surface area contributed by atoms with E-state index in [0.29, 0.717) is 24.3 Å². The molecule has 5 N–H and O–H groups in total. The Morgan fingerprint density at radius 3 is 2.59 bits per heavy atom. The highest BCUT2D eigenvalue weighted by Gasteiger charge is 2.44. The smallest absolute Gasteiger partial charge is 0.167 e. The zero-order valence-corrected chi connectivity index (χ0v) is 15.5. The molecule has 1 saturated heterocycles. The fourth-order valence-electron chi connectivity index (χ4n) is 3.19. The van der Waals surface area contributed by atoms with Crippen LogP contribution in [0, 0.1) is 0 Å². The van der Waals surface area contributed by atoms with E-state index in [0.717, 1.165) is 13.1 Å². The van der Waals surface area contributed by atoms with Crippen LogP contribution in [0.1, 0.15) is 6.23 Å². The van der Waals surface area contributed by atoms with Crippen molar-refractivity contribution < 1.29 is 20.1 Å². The lowest BCUT2D eigenvalue weighted by Gasteiger charge is -2.25. The lowest BCUT2D eigenvalue weighted by atomic mass is 10.1. The van der Waals surface area contributed by atoms with Crippen LogP contribution in [0.4, 0.5) is 5.82 Å². The number of aliphatic hydroxyl groups excluding tert-OH is 3. The van der Waals surface area contributed by atoms with Gasteiger partial charge in [0.2, 0.25) is 0 Å². The maximum Gasteiger partial charge on any atom is 0.167 e. The van der Waals surface area contributed by atoms with Crippen LogP contribution < -0.4 is 5.73 Å². The molecule has 150 valence electrons. The number of nitrogens with zero attached hydrogens (tertiary/aromatic N) is 6. The van der Waals surface area contributed by atoms with E-state index in [9.17, 15) is 10.2 Å². The number of anilines is 1. The molecular formula is C16H27N7O4. The van der Waals surface area contributed by atoms with Crippen LogP contribution in [-0.4, -0.2) is 110 Å². The summed E-state index contributed by atoms with van der Waals surface area (Å²) in [4.78, 5) is 16.3. The van der Waals surface area contributed by atoms with Crippen LogP contribution in [0.5, 0.6) is 0 Å². The number of ether oxygens (including phenoxy) is 1. The highest BCUT2D eigenvalue weighted by Crippen LogP contribution is 2.32. The van der Waals surface area contributed by atoms with Crippen molar-refractivity contribution in [2.45, 2.75) is 24.5 Å². The summed E-state index contributed by atoms with van der Waals surface area (Å²) in [5.41, 5.74) is 6.67. The summed E-state index contributed by atoms with van der Waals surface area (Å²) >= 11 is 0. The van der Waals surface area contributed by atoms with Gasteiger partial charge in [-0.3, -0.25) is 4.57 Å². The van der Waals surface area contributed by atoms with E-state index < -0.39 is 24.5 Å². The summed E-state index contributed by atoms with van der Waals surface area (Å²) in [5, 5.41) is 29.9. The van der Waals surface area contributed by atoms with Crippen molar-refractivity contribution in [2.75, 3.05) is 52.6 Å². The monoisotopic (exact) mass is 381 g/mol. The van der Waals surface area contributed by atoms with E-state index in [2.05, 4.69) is 15.0 Å². The average molecular weight is 381 g/mol. The summed E-state index contributed by atoms with van der Waals surface area (Å²) in [6.07, 6.45) is -0.726. The van der Waals surface area contributed by atoms with Crippen molar-refractivity contribution in [3.8, 4) is 0 Å². The second-order valence-corrected chi connectivity index (χ2v) is 6.92. The number of hydrogen-bond acceptors (Lipinski definition) is 10. The maximum atomic E-state index is 10.5. The third kappa shape index (κ3) is 4.18. The van der Waals surface area contributed by atoms with Gasteiger partial charge in [0.05, 0.1) is 12.9 Å². The molecule has 3 rings (SSSR count). The third-order valence-corrected chi connectivity index (χ3v) is 4.84. The molecule has 2 aromatic heterocycles. The molecule has 0 radical (unpaired) electrons. The second kappa shape index (κ2) is 8.42. The van der Waals surface area contributed by atoms with Crippen molar-refractivity contribution in [1.29, 1.82) is 0 Å². The summed E-state index contributed by atoms with van der Waals surface area (Å²) in [6.45, 7) is 2.68. The Morgan fingerprint density at radius 2 is 1.85 bits per heavy atom.